The number of carbonyl (C=O) groups excluding carboxylic acids is 4. The van der Waals surface area contributed by atoms with Gasteiger partial charge in [0.25, 0.3) is 0 Å². The Morgan fingerprint density at radius 2 is 1.88 bits per heavy atom. The number of nitrogens with one attached hydrogen (secondary N) is 3. The maximum absolute atomic E-state index is 13.8. The second-order valence-corrected chi connectivity index (χ2v) is 12.0. The van der Waals surface area contributed by atoms with Gasteiger partial charge in [-0.2, -0.15) is 0 Å². The lowest BCUT2D eigenvalue weighted by Gasteiger charge is -2.34. The number of hydrogen-bond acceptors (Lipinski definition) is 8. The third-order valence-corrected chi connectivity index (χ3v) is 8.53. The number of alkyl carbamates (subject to hydrolysis) is 1. The van der Waals surface area contributed by atoms with Gasteiger partial charge in [-0.05, 0) is 43.6 Å². The number of anilines is 1. The molecule has 4 amide bonds. The van der Waals surface area contributed by atoms with Crippen LogP contribution in [0.5, 0.6) is 0 Å². The first-order valence-electron chi connectivity index (χ1n) is 15.3. The Balaban J connectivity index is 1.61. The van der Waals surface area contributed by atoms with Crippen LogP contribution in [0.15, 0.2) is 41.9 Å². The number of nitrogens with zero attached hydrogens (tertiary/aromatic N) is 2. The summed E-state index contributed by atoms with van der Waals surface area (Å²) < 4.78 is 5.24. The van der Waals surface area contributed by atoms with Gasteiger partial charge in [0, 0.05) is 18.1 Å². The maximum Gasteiger partial charge on any atom is 0.407 e. The monoisotopic (exact) mass is 615 g/mol. The standard InChI is InChI=1S/C31H45N5O6S/c1-2-11-27(36(41)22-37)25(20-23-12-5-3-6-13-23)28(38)34-26(29(39)35-30-32-18-19-43-30)16-9-10-17-33-31(40)42-21-24-14-7-4-8-15-24/h4,7-8,14-15,18-19,22-23,25-27,41H,2-3,5-6,9-13,16-17,20-21H2,1H3,(H,33,40)(H,34,38)(H,32,35,39)/t25?,26-,27-/m0/s1. The topological polar surface area (TPSA) is 150 Å². The first kappa shape index (κ1) is 34.0. The molecule has 43 heavy (non-hydrogen) atoms. The zero-order chi connectivity index (χ0) is 30.9. The highest BCUT2D eigenvalue weighted by atomic mass is 32.1. The minimum Gasteiger partial charge on any atom is -0.445 e. The zero-order valence-electron chi connectivity index (χ0n) is 24.9. The lowest BCUT2D eigenvalue weighted by atomic mass is 9.79. The summed E-state index contributed by atoms with van der Waals surface area (Å²) in [6, 6.07) is 7.85. The summed E-state index contributed by atoms with van der Waals surface area (Å²) in [4.78, 5) is 54.8. The van der Waals surface area contributed by atoms with Crippen LogP contribution in [0, 0.1) is 11.8 Å². The third kappa shape index (κ3) is 11.9. The van der Waals surface area contributed by atoms with E-state index >= 15 is 0 Å². The van der Waals surface area contributed by atoms with Gasteiger partial charge in [-0.1, -0.05) is 75.8 Å². The van der Waals surface area contributed by atoms with E-state index in [1.165, 1.54) is 17.8 Å². The van der Waals surface area contributed by atoms with Crippen molar-refractivity contribution in [3.8, 4) is 0 Å². The number of unbranched alkanes of at least 4 members (excludes halogenated alkanes) is 1. The first-order valence-corrected chi connectivity index (χ1v) is 16.2. The molecule has 1 aromatic carbocycles. The largest absolute Gasteiger partial charge is 0.445 e. The van der Waals surface area contributed by atoms with Crippen molar-refractivity contribution in [2.45, 2.75) is 96.2 Å². The molecule has 3 atom stereocenters. The molecule has 0 aliphatic heterocycles. The Morgan fingerprint density at radius 1 is 1.12 bits per heavy atom. The number of aromatic nitrogens is 1. The molecule has 1 unspecified atom stereocenters. The van der Waals surface area contributed by atoms with Crippen molar-refractivity contribution >= 4 is 40.8 Å². The van der Waals surface area contributed by atoms with E-state index in [9.17, 15) is 24.4 Å². The number of amides is 4. The molecule has 1 aliphatic carbocycles. The summed E-state index contributed by atoms with van der Waals surface area (Å²) in [5.41, 5.74) is 0.892. The van der Waals surface area contributed by atoms with Crippen LogP contribution in [-0.2, 0) is 25.7 Å². The van der Waals surface area contributed by atoms with E-state index in [2.05, 4.69) is 20.9 Å². The van der Waals surface area contributed by atoms with Crippen LogP contribution < -0.4 is 16.0 Å². The number of carbonyl (C=O) groups is 4. The molecule has 1 aromatic heterocycles. The van der Waals surface area contributed by atoms with Crippen molar-refractivity contribution in [1.29, 1.82) is 0 Å². The van der Waals surface area contributed by atoms with Crippen LogP contribution in [0.2, 0.25) is 0 Å². The van der Waals surface area contributed by atoms with Gasteiger partial charge in [0.2, 0.25) is 18.2 Å². The summed E-state index contributed by atoms with van der Waals surface area (Å²) in [6.07, 6.45) is 9.91. The molecule has 1 fully saturated rings. The van der Waals surface area contributed by atoms with E-state index < -0.39 is 30.0 Å². The SMILES string of the molecule is CCC[C@@H](C(CC1CCCCC1)C(=O)N[C@@H](CCCCNC(=O)OCc1ccccc1)C(=O)Nc1nccs1)N(O)C=O. The number of hydroxylamine groups is 2. The van der Waals surface area contributed by atoms with E-state index in [0.29, 0.717) is 67.6 Å². The van der Waals surface area contributed by atoms with Crippen molar-refractivity contribution in [3.05, 3.63) is 47.5 Å². The Hall–Kier alpha value is -3.51. The normalized spacial score (nSPS) is 15.5. The van der Waals surface area contributed by atoms with Crippen LogP contribution in [0.1, 0.15) is 83.1 Å². The molecule has 0 saturated heterocycles. The molecule has 12 heteroatoms. The van der Waals surface area contributed by atoms with Crippen LogP contribution in [0.25, 0.3) is 0 Å². The van der Waals surface area contributed by atoms with Crippen LogP contribution in [-0.4, -0.2) is 58.2 Å². The molecule has 2 aromatic rings. The number of hydrogen-bond donors (Lipinski definition) is 4. The molecule has 1 heterocycles. The van der Waals surface area contributed by atoms with Gasteiger partial charge >= 0.3 is 6.09 Å². The van der Waals surface area contributed by atoms with E-state index in [0.717, 1.165) is 31.2 Å². The fraction of sp³-hybridized carbons (Fsp3) is 0.581. The van der Waals surface area contributed by atoms with Crippen LogP contribution in [0.4, 0.5) is 9.93 Å². The van der Waals surface area contributed by atoms with Crippen molar-refractivity contribution in [3.63, 3.8) is 0 Å². The number of ether oxygens (including phenoxy) is 1. The van der Waals surface area contributed by atoms with Crippen molar-refractivity contribution in [2.24, 2.45) is 11.8 Å². The highest BCUT2D eigenvalue weighted by molar-refractivity contribution is 7.13. The molecule has 4 N–H and O–H groups in total. The van der Waals surface area contributed by atoms with Crippen LogP contribution >= 0.6 is 11.3 Å². The smallest absolute Gasteiger partial charge is 0.407 e. The number of benzene rings is 1. The Kier molecular flexibility index (Phi) is 14.9. The Bertz CT molecular complexity index is 1110. The van der Waals surface area contributed by atoms with Gasteiger partial charge in [0.15, 0.2) is 5.13 Å². The molecular formula is C31H45N5O6S. The molecule has 236 valence electrons. The highest BCUT2D eigenvalue weighted by Gasteiger charge is 2.36. The lowest BCUT2D eigenvalue weighted by Crippen LogP contribution is -2.51. The Labute approximate surface area is 257 Å². The maximum atomic E-state index is 13.8. The summed E-state index contributed by atoms with van der Waals surface area (Å²) in [5, 5.41) is 21.6. The third-order valence-electron chi connectivity index (χ3n) is 7.84. The highest BCUT2D eigenvalue weighted by Crippen LogP contribution is 2.32. The minimum absolute atomic E-state index is 0.175. The van der Waals surface area contributed by atoms with Gasteiger partial charge in [-0.15, -0.1) is 11.3 Å². The van der Waals surface area contributed by atoms with Crippen molar-refractivity contribution in [1.82, 2.24) is 20.7 Å². The lowest BCUT2D eigenvalue weighted by molar-refractivity contribution is -0.170. The van der Waals surface area contributed by atoms with E-state index in [1.807, 2.05) is 37.3 Å². The average molecular weight is 616 g/mol. The summed E-state index contributed by atoms with van der Waals surface area (Å²) in [6.45, 7) is 2.47. The van der Waals surface area contributed by atoms with Crippen LogP contribution in [0.3, 0.4) is 0 Å². The van der Waals surface area contributed by atoms with Gasteiger partial charge in [-0.3, -0.25) is 19.6 Å². The van der Waals surface area contributed by atoms with E-state index in [-0.39, 0.29) is 12.5 Å². The fourth-order valence-electron chi connectivity index (χ4n) is 5.58. The molecule has 1 saturated carbocycles. The summed E-state index contributed by atoms with van der Waals surface area (Å²) in [5.74, 6) is -1.08. The first-order chi connectivity index (χ1) is 20.9. The zero-order valence-corrected chi connectivity index (χ0v) is 25.7. The summed E-state index contributed by atoms with van der Waals surface area (Å²) in [7, 11) is 0. The summed E-state index contributed by atoms with van der Waals surface area (Å²) >= 11 is 1.28. The average Bonchev–Trinajstić information content (AvgIpc) is 3.54. The Morgan fingerprint density at radius 3 is 2.56 bits per heavy atom. The molecule has 0 bridgehead atoms. The van der Waals surface area contributed by atoms with E-state index in [1.54, 1.807) is 11.6 Å². The molecule has 0 spiro atoms. The number of thiazole rings is 1. The van der Waals surface area contributed by atoms with Crippen molar-refractivity contribution in [2.75, 3.05) is 11.9 Å². The molecule has 1 aliphatic rings. The van der Waals surface area contributed by atoms with Gasteiger partial charge in [-0.25, -0.2) is 14.8 Å². The predicted octanol–water partition coefficient (Wildman–Crippen LogP) is 5.27. The quantitative estimate of drug-likeness (QED) is 0.0773. The van der Waals surface area contributed by atoms with Gasteiger partial charge < -0.3 is 20.7 Å². The molecular weight excluding hydrogens is 570 g/mol. The predicted molar refractivity (Wildman–Crippen MR) is 164 cm³/mol. The van der Waals surface area contributed by atoms with Gasteiger partial charge in [0.1, 0.15) is 12.6 Å². The molecule has 0 radical (unpaired) electrons. The minimum atomic E-state index is -0.860. The van der Waals surface area contributed by atoms with Crippen molar-refractivity contribution < 1.29 is 29.1 Å². The number of rotatable bonds is 18. The fourth-order valence-corrected chi connectivity index (χ4v) is 6.11. The molecule has 11 nitrogen and oxygen atoms in total. The van der Waals surface area contributed by atoms with E-state index in [4.69, 9.17) is 4.74 Å². The molecule has 3 rings (SSSR count). The second kappa shape index (κ2) is 18.9. The van der Waals surface area contributed by atoms with Gasteiger partial charge in [0.05, 0.1) is 12.0 Å². The second-order valence-electron chi connectivity index (χ2n) is 11.1.